The third kappa shape index (κ3) is 4.45. The first kappa shape index (κ1) is 21.4. The van der Waals surface area contributed by atoms with Crippen molar-refractivity contribution in [3.05, 3.63) is 60.0 Å². The normalized spacial score (nSPS) is 12.2. The van der Waals surface area contributed by atoms with Gasteiger partial charge < -0.3 is 20.4 Å². The molecule has 1 aromatic carbocycles. The van der Waals surface area contributed by atoms with Crippen molar-refractivity contribution in [1.82, 2.24) is 24.7 Å². The number of halogens is 1. The number of likely N-dealkylation sites (N-methyl/N-ethyl adjacent to an activating group) is 1. The van der Waals surface area contributed by atoms with Gasteiger partial charge in [0.2, 0.25) is 11.5 Å². The number of carbonyl (C=O) groups is 1. The lowest BCUT2D eigenvalue weighted by atomic mass is 10.1. The van der Waals surface area contributed by atoms with Crippen LogP contribution in [0.5, 0.6) is 0 Å². The van der Waals surface area contributed by atoms with Crippen LogP contribution in [0.4, 0.5) is 15.8 Å². The summed E-state index contributed by atoms with van der Waals surface area (Å²) >= 11 is 0. The fourth-order valence-electron chi connectivity index (χ4n) is 3.46. The van der Waals surface area contributed by atoms with Crippen molar-refractivity contribution in [3.63, 3.8) is 0 Å². The highest BCUT2D eigenvalue weighted by Gasteiger charge is 2.18. The molecular formula is C22H24FN7O2. The minimum absolute atomic E-state index is 0.123. The molecule has 0 fully saturated rings. The number of hydrogen-bond donors (Lipinski definition) is 3. The van der Waals surface area contributed by atoms with Gasteiger partial charge in [-0.15, -0.1) is 0 Å². The number of amides is 1. The van der Waals surface area contributed by atoms with Gasteiger partial charge in [0.15, 0.2) is 5.89 Å². The Balaban J connectivity index is 1.60. The quantitative estimate of drug-likeness (QED) is 0.406. The van der Waals surface area contributed by atoms with Crippen LogP contribution in [-0.2, 0) is 0 Å². The van der Waals surface area contributed by atoms with Gasteiger partial charge in [0.25, 0.3) is 5.91 Å². The Hall–Kier alpha value is -3.79. The second-order valence-electron chi connectivity index (χ2n) is 7.58. The van der Waals surface area contributed by atoms with Crippen molar-refractivity contribution in [2.45, 2.75) is 26.8 Å². The van der Waals surface area contributed by atoms with E-state index in [1.165, 1.54) is 18.2 Å². The number of carbonyl (C=O) groups excluding carboxylic acids is 1. The molecule has 0 spiro atoms. The van der Waals surface area contributed by atoms with Crippen LogP contribution in [0, 0.1) is 19.7 Å². The van der Waals surface area contributed by atoms with E-state index in [0.29, 0.717) is 28.7 Å². The predicted octanol–water partition coefficient (Wildman–Crippen LogP) is 3.41. The largest absolute Gasteiger partial charge is 0.436 e. The molecule has 0 aliphatic rings. The number of nitrogens with zero attached hydrogens (tertiary/aromatic N) is 4. The molecule has 0 saturated carbocycles. The van der Waals surface area contributed by atoms with E-state index in [1.807, 2.05) is 13.2 Å². The number of benzene rings is 1. The van der Waals surface area contributed by atoms with E-state index in [2.05, 4.69) is 37.8 Å². The maximum absolute atomic E-state index is 14.6. The lowest BCUT2D eigenvalue weighted by Crippen LogP contribution is -2.28. The van der Waals surface area contributed by atoms with Gasteiger partial charge in [-0.05, 0) is 39.1 Å². The summed E-state index contributed by atoms with van der Waals surface area (Å²) in [7, 11) is 1.89. The van der Waals surface area contributed by atoms with Crippen LogP contribution < -0.4 is 16.0 Å². The number of imidazole rings is 1. The number of aryl methyl sites for hydroxylation is 2. The summed E-state index contributed by atoms with van der Waals surface area (Å²) in [6.07, 6.45) is 5.24. The molecule has 10 heteroatoms. The summed E-state index contributed by atoms with van der Waals surface area (Å²) in [6, 6.07) is 4.50. The van der Waals surface area contributed by atoms with E-state index in [-0.39, 0.29) is 17.4 Å². The minimum Gasteiger partial charge on any atom is -0.436 e. The molecule has 1 amide bonds. The third-order valence-corrected chi connectivity index (χ3v) is 4.84. The monoisotopic (exact) mass is 437 g/mol. The van der Waals surface area contributed by atoms with Crippen LogP contribution in [0.25, 0.3) is 17.0 Å². The maximum atomic E-state index is 14.6. The highest BCUT2D eigenvalue weighted by molar-refractivity contribution is 6.03. The first-order chi connectivity index (χ1) is 15.3. The Labute approximate surface area is 184 Å². The molecule has 3 heterocycles. The second-order valence-corrected chi connectivity index (χ2v) is 7.58. The number of aromatic nitrogens is 4. The van der Waals surface area contributed by atoms with E-state index >= 15 is 0 Å². The van der Waals surface area contributed by atoms with Gasteiger partial charge in [-0.3, -0.25) is 9.20 Å². The molecule has 9 nitrogen and oxygen atoms in total. The average Bonchev–Trinajstić information content (AvgIpc) is 3.31. The lowest BCUT2D eigenvalue weighted by Gasteiger charge is -2.14. The van der Waals surface area contributed by atoms with Crippen LogP contribution in [0.2, 0.25) is 0 Å². The molecule has 0 aliphatic carbocycles. The fourth-order valence-corrected chi connectivity index (χ4v) is 3.46. The zero-order valence-corrected chi connectivity index (χ0v) is 18.2. The number of anilines is 2. The number of rotatable bonds is 7. The predicted molar refractivity (Wildman–Crippen MR) is 119 cm³/mol. The number of nitrogens with one attached hydrogen (secondary N) is 3. The summed E-state index contributed by atoms with van der Waals surface area (Å²) in [5, 5.41) is 9.17. The van der Waals surface area contributed by atoms with Crippen LogP contribution in [0.15, 0.2) is 41.2 Å². The van der Waals surface area contributed by atoms with Gasteiger partial charge in [-0.25, -0.2) is 19.3 Å². The molecule has 32 heavy (non-hydrogen) atoms. The van der Waals surface area contributed by atoms with Crippen molar-refractivity contribution in [2.75, 3.05) is 24.2 Å². The molecule has 166 valence electrons. The molecule has 3 aromatic heterocycles. The third-order valence-electron chi connectivity index (χ3n) is 4.84. The topological polar surface area (TPSA) is 109 Å². The van der Waals surface area contributed by atoms with Crippen LogP contribution >= 0.6 is 0 Å². The van der Waals surface area contributed by atoms with E-state index in [9.17, 15) is 9.18 Å². The molecule has 0 radical (unpaired) electrons. The Kier molecular flexibility index (Phi) is 5.87. The molecule has 0 aliphatic heterocycles. The standard InChI is InChI=1S/C22H24FN7O2/c1-12(8-24-4)26-16-9-25-22-29-19(11-30(22)10-16)17-7-15(5-6-18(17)23)28-21(31)20-13(2)27-14(3)32-20/h5-7,9-12,24,26H,8H2,1-4H3,(H,28,31). The summed E-state index contributed by atoms with van der Waals surface area (Å²) in [6.45, 7) is 6.20. The van der Waals surface area contributed by atoms with E-state index in [4.69, 9.17) is 4.42 Å². The van der Waals surface area contributed by atoms with Crippen LogP contribution in [0.1, 0.15) is 29.1 Å². The smallest absolute Gasteiger partial charge is 0.293 e. The van der Waals surface area contributed by atoms with E-state index < -0.39 is 11.7 Å². The Bertz CT molecular complexity index is 1280. The first-order valence-electron chi connectivity index (χ1n) is 10.1. The molecule has 4 rings (SSSR count). The van der Waals surface area contributed by atoms with Gasteiger partial charge >= 0.3 is 0 Å². The van der Waals surface area contributed by atoms with E-state index in [1.54, 1.807) is 30.6 Å². The Morgan fingerprint density at radius 1 is 1.22 bits per heavy atom. The molecule has 0 saturated heterocycles. The minimum atomic E-state index is -0.459. The lowest BCUT2D eigenvalue weighted by molar-refractivity contribution is 0.0994. The van der Waals surface area contributed by atoms with Gasteiger partial charge in [-0.1, -0.05) is 0 Å². The summed E-state index contributed by atoms with van der Waals surface area (Å²) in [5.74, 6) is 0.0490. The molecule has 0 bridgehead atoms. The first-order valence-corrected chi connectivity index (χ1v) is 10.1. The molecule has 3 N–H and O–H groups in total. The molecule has 4 aromatic rings. The molecule has 1 unspecified atom stereocenters. The van der Waals surface area contributed by atoms with Crippen LogP contribution in [-0.4, -0.2) is 44.9 Å². The van der Waals surface area contributed by atoms with E-state index in [0.717, 1.165) is 12.2 Å². The second kappa shape index (κ2) is 8.75. The summed E-state index contributed by atoms with van der Waals surface area (Å²) in [5.41, 5.74) is 2.37. The summed E-state index contributed by atoms with van der Waals surface area (Å²) in [4.78, 5) is 25.4. The van der Waals surface area contributed by atoms with Gasteiger partial charge in [0, 0.05) is 43.2 Å². The van der Waals surface area contributed by atoms with Crippen molar-refractivity contribution >= 4 is 23.1 Å². The SMILES string of the molecule is CNCC(C)Nc1cnc2nc(-c3cc(NC(=O)c4oc(C)nc4C)ccc3F)cn2c1. The summed E-state index contributed by atoms with van der Waals surface area (Å²) < 4.78 is 21.7. The van der Waals surface area contributed by atoms with Crippen molar-refractivity contribution in [2.24, 2.45) is 0 Å². The molecule has 1 atom stereocenters. The molecular weight excluding hydrogens is 413 g/mol. The zero-order chi connectivity index (χ0) is 22.8. The number of oxazole rings is 1. The van der Waals surface area contributed by atoms with Crippen molar-refractivity contribution < 1.29 is 13.6 Å². The number of hydrogen-bond acceptors (Lipinski definition) is 7. The Morgan fingerprint density at radius 2 is 2.03 bits per heavy atom. The Morgan fingerprint density at radius 3 is 2.75 bits per heavy atom. The average molecular weight is 437 g/mol. The van der Waals surface area contributed by atoms with Gasteiger partial charge in [0.1, 0.15) is 5.82 Å². The number of fused-ring (bicyclic) bond motifs is 1. The fraction of sp³-hybridized carbons (Fsp3) is 0.273. The van der Waals surface area contributed by atoms with Gasteiger partial charge in [-0.2, -0.15) is 0 Å². The highest BCUT2D eigenvalue weighted by atomic mass is 19.1. The highest BCUT2D eigenvalue weighted by Crippen LogP contribution is 2.26. The van der Waals surface area contributed by atoms with Crippen molar-refractivity contribution in [1.29, 1.82) is 0 Å². The van der Waals surface area contributed by atoms with Crippen LogP contribution in [0.3, 0.4) is 0 Å². The zero-order valence-electron chi connectivity index (χ0n) is 18.2. The maximum Gasteiger partial charge on any atom is 0.293 e. The van der Waals surface area contributed by atoms with Gasteiger partial charge in [0.05, 0.1) is 23.3 Å². The van der Waals surface area contributed by atoms with Crippen molar-refractivity contribution in [3.8, 4) is 11.3 Å².